The Hall–Kier alpha value is -6.52. The van der Waals surface area contributed by atoms with Crippen LogP contribution in [-0.4, -0.2) is 19.1 Å². The fourth-order valence-electron chi connectivity index (χ4n) is 8.69. The SMILES string of the molecule is C=Cc1c(/C=C\C)c2ccc3c4ccccc4n(-c4ccc5c(c4)C(C)(C)c4ccccc4-5)c3c2n1-c1nc(-c2ccccc2)c2ccccc2n1. The molecule has 9 aromatic rings. The Morgan fingerprint density at radius 2 is 1.31 bits per heavy atom. The molecular formula is C48H36N4. The number of aromatic nitrogens is 4. The van der Waals surface area contributed by atoms with Gasteiger partial charge in [-0.2, -0.15) is 0 Å². The molecule has 248 valence electrons. The van der Waals surface area contributed by atoms with Gasteiger partial charge in [-0.25, -0.2) is 9.97 Å². The molecule has 0 spiro atoms. The van der Waals surface area contributed by atoms with Gasteiger partial charge in [0.2, 0.25) is 5.95 Å². The van der Waals surface area contributed by atoms with Crippen molar-refractivity contribution in [2.75, 3.05) is 0 Å². The van der Waals surface area contributed by atoms with E-state index in [1.54, 1.807) is 0 Å². The molecule has 0 N–H and O–H groups in total. The zero-order chi connectivity index (χ0) is 35.1. The summed E-state index contributed by atoms with van der Waals surface area (Å²) in [6, 6.07) is 47.8. The third-order valence-corrected chi connectivity index (χ3v) is 11.0. The lowest BCUT2D eigenvalue weighted by Gasteiger charge is -2.22. The van der Waals surface area contributed by atoms with Crippen LogP contribution in [-0.2, 0) is 5.41 Å². The molecule has 0 aliphatic heterocycles. The average molecular weight is 669 g/mol. The van der Waals surface area contributed by atoms with Gasteiger partial charge >= 0.3 is 0 Å². The van der Waals surface area contributed by atoms with Gasteiger partial charge in [-0.3, -0.25) is 4.57 Å². The Kier molecular flexibility index (Phi) is 6.56. The molecule has 0 amide bonds. The molecule has 0 bridgehead atoms. The summed E-state index contributed by atoms with van der Waals surface area (Å²) >= 11 is 0. The number of para-hydroxylation sites is 2. The van der Waals surface area contributed by atoms with Gasteiger partial charge in [-0.1, -0.05) is 142 Å². The molecular weight excluding hydrogens is 633 g/mol. The number of rotatable bonds is 5. The fraction of sp³-hybridized carbons (Fsp3) is 0.0833. The summed E-state index contributed by atoms with van der Waals surface area (Å²) in [6.07, 6.45) is 6.23. The van der Waals surface area contributed by atoms with Crippen LogP contribution >= 0.6 is 0 Å². The molecule has 0 radical (unpaired) electrons. The number of allylic oxidation sites excluding steroid dienone is 1. The first-order valence-corrected chi connectivity index (χ1v) is 17.9. The molecule has 4 nitrogen and oxygen atoms in total. The van der Waals surface area contributed by atoms with E-state index < -0.39 is 0 Å². The van der Waals surface area contributed by atoms with Gasteiger partial charge < -0.3 is 4.57 Å². The maximum Gasteiger partial charge on any atom is 0.235 e. The van der Waals surface area contributed by atoms with Crippen LogP contribution in [0.25, 0.3) is 89.8 Å². The van der Waals surface area contributed by atoms with Gasteiger partial charge in [0.1, 0.15) is 0 Å². The summed E-state index contributed by atoms with van der Waals surface area (Å²) in [5.74, 6) is 0.614. The number of hydrogen-bond donors (Lipinski definition) is 0. The summed E-state index contributed by atoms with van der Waals surface area (Å²) in [4.78, 5) is 10.7. The Morgan fingerprint density at radius 1 is 0.615 bits per heavy atom. The lowest BCUT2D eigenvalue weighted by molar-refractivity contribution is 0.660. The van der Waals surface area contributed by atoms with E-state index in [1.807, 2.05) is 18.2 Å². The first kappa shape index (κ1) is 30.3. The van der Waals surface area contributed by atoms with E-state index >= 15 is 0 Å². The minimum absolute atomic E-state index is 0.127. The molecule has 0 saturated carbocycles. The highest BCUT2D eigenvalue weighted by Crippen LogP contribution is 2.50. The minimum Gasteiger partial charge on any atom is -0.307 e. The van der Waals surface area contributed by atoms with Crippen molar-refractivity contribution < 1.29 is 0 Å². The second-order valence-corrected chi connectivity index (χ2v) is 14.2. The Balaban J connectivity index is 1.36. The van der Waals surface area contributed by atoms with E-state index in [2.05, 4.69) is 170 Å². The highest BCUT2D eigenvalue weighted by Gasteiger charge is 2.35. The van der Waals surface area contributed by atoms with Crippen LogP contribution in [0.1, 0.15) is 43.2 Å². The first-order valence-electron chi connectivity index (χ1n) is 17.9. The summed E-state index contributed by atoms with van der Waals surface area (Å²) in [7, 11) is 0. The molecule has 3 aromatic heterocycles. The van der Waals surface area contributed by atoms with Crippen LogP contribution in [0.2, 0.25) is 0 Å². The third kappa shape index (κ3) is 4.15. The van der Waals surface area contributed by atoms with Crippen molar-refractivity contribution in [3.05, 3.63) is 168 Å². The van der Waals surface area contributed by atoms with Gasteiger partial charge in [0, 0.05) is 43.8 Å². The van der Waals surface area contributed by atoms with Gasteiger partial charge in [-0.05, 0) is 59.5 Å². The topological polar surface area (TPSA) is 35.6 Å². The maximum absolute atomic E-state index is 5.40. The highest BCUT2D eigenvalue weighted by atomic mass is 15.2. The van der Waals surface area contributed by atoms with Crippen molar-refractivity contribution in [2.45, 2.75) is 26.2 Å². The molecule has 10 rings (SSSR count). The number of hydrogen-bond acceptors (Lipinski definition) is 2. The van der Waals surface area contributed by atoms with Gasteiger partial charge in [0.25, 0.3) is 0 Å². The van der Waals surface area contributed by atoms with Crippen LogP contribution in [0.5, 0.6) is 0 Å². The quantitative estimate of drug-likeness (QED) is 0.183. The molecule has 3 heterocycles. The molecule has 1 aliphatic carbocycles. The monoisotopic (exact) mass is 668 g/mol. The molecule has 0 fully saturated rings. The van der Waals surface area contributed by atoms with Crippen molar-refractivity contribution in [1.82, 2.24) is 19.1 Å². The zero-order valence-electron chi connectivity index (χ0n) is 29.4. The molecule has 1 aliphatic rings. The van der Waals surface area contributed by atoms with Crippen molar-refractivity contribution in [2.24, 2.45) is 0 Å². The van der Waals surface area contributed by atoms with Crippen LogP contribution in [0, 0.1) is 0 Å². The van der Waals surface area contributed by atoms with Crippen molar-refractivity contribution in [1.29, 1.82) is 0 Å². The lowest BCUT2D eigenvalue weighted by Crippen LogP contribution is -2.15. The minimum atomic E-state index is -0.127. The van der Waals surface area contributed by atoms with Crippen molar-refractivity contribution >= 4 is 55.8 Å². The van der Waals surface area contributed by atoms with E-state index in [4.69, 9.17) is 9.97 Å². The largest absolute Gasteiger partial charge is 0.307 e. The molecule has 0 unspecified atom stereocenters. The predicted octanol–water partition coefficient (Wildman–Crippen LogP) is 12.3. The smallest absolute Gasteiger partial charge is 0.235 e. The van der Waals surface area contributed by atoms with E-state index in [9.17, 15) is 0 Å². The van der Waals surface area contributed by atoms with Gasteiger partial charge in [0.05, 0.1) is 33.5 Å². The Morgan fingerprint density at radius 3 is 2.13 bits per heavy atom. The second-order valence-electron chi connectivity index (χ2n) is 14.2. The first-order chi connectivity index (χ1) is 25.5. The summed E-state index contributed by atoms with van der Waals surface area (Å²) in [5, 5.41) is 4.52. The number of nitrogens with zero attached hydrogens (tertiary/aromatic N) is 4. The molecule has 4 heteroatoms. The average Bonchev–Trinajstić information content (AvgIpc) is 3.77. The lowest BCUT2D eigenvalue weighted by atomic mass is 9.82. The number of fused-ring (bicyclic) bond motifs is 9. The van der Waals surface area contributed by atoms with Gasteiger partial charge in [-0.15, -0.1) is 0 Å². The normalized spacial score (nSPS) is 13.4. The van der Waals surface area contributed by atoms with E-state index in [-0.39, 0.29) is 5.41 Å². The maximum atomic E-state index is 5.40. The van der Waals surface area contributed by atoms with Crippen LogP contribution < -0.4 is 0 Å². The predicted molar refractivity (Wildman–Crippen MR) is 219 cm³/mol. The molecule has 6 aromatic carbocycles. The van der Waals surface area contributed by atoms with Crippen LogP contribution in [0.3, 0.4) is 0 Å². The molecule has 0 saturated heterocycles. The molecule has 52 heavy (non-hydrogen) atoms. The van der Waals surface area contributed by atoms with Crippen LogP contribution in [0.15, 0.2) is 146 Å². The van der Waals surface area contributed by atoms with Crippen molar-refractivity contribution in [3.63, 3.8) is 0 Å². The van der Waals surface area contributed by atoms with Gasteiger partial charge in [0.15, 0.2) is 0 Å². The third-order valence-electron chi connectivity index (χ3n) is 11.0. The standard InChI is InChI=1S/C48H36N4/c1-5-16-34-36-27-28-37-35-20-12-15-24-43(35)51(31-25-26-33-32-19-10-13-22-39(32)48(3,4)40(33)29-31)45(37)46(36)52(42(34)6-2)47-49-41-23-14-11-21-38(41)44(50-47)30-17-8-7-9-18-30/h5-29H,2H2,1,3-4H3/b16-5-. The highest BCUT2D eigenvalue weighted by molar-refractivity contribution is 6.20. The van der Waals surface area contributed by atoms with E-state index in [0.29, 0.717) is 5.95 Å². The molecule has 0 atom stereocenters. The fourth-order valence-corrected chi connectivity index (χ4v) is 8.69. The summed E-state index contributed by atoms with van der Waals surface area (Å²) in [6.45, 7) is 11.1. The Bertz CT molecular complexity index is 2950. The van der Waals surface area contributed by atoms with Crippen LogP contribution in [0.4, 0.5) is 0 Å². The summed E-state index contributed by atoms with van der Waals surface area (Å²) < 4.78 is 4.69. The van der Waals surface area contributed by atoms with Crippen molar-refractivity contribution in [3.8, 4) is 34.0 Å². The van der Waals surface area contributed by atoms with E-state index in [1.165, 1.54) is 33.0 Å². The van der Waals surface area contributed by atoms with E-state index in [0.717, 1.165) is 61.0 Å². The summed E-state index contributed by atoms with van der Waals surface area (Å²) in [5.41, 5.74) is 14.6. The Labute approximate surface area is 302 Å². The zero-order valence-corrected chi connectivity index (χ0v) is 29.4. The second kappa shape index (κ2) is 11.2. The number of benzene rings is 6.